The largest absolute Gasteiger partial charge is 0.493 e. The number of hydrogen-bond donors (Lipinski definition) is 0. The molecule has 1 aliphatic heterocycles. The van der Waals surface area contributed by atoms with Crippen molar-refractivity contribution in [3.8, 4) is 17.2 Å². The number of ether oxygens (including phenoxy) is 4. The Balaban J connectivity index is 2.41. The predicted molar refractivity (Wildman–Crippen MR) is 68.7 cm³/mol. The second-order valence-electron chi connectivity index (χ2n) is 4.06. The molecule has 102 valence electrons. The zero-order valence-electron chi connectivity index (χ0n) is 11.1. The van der Waals surface area contributed by atoms with E-state index in [0.29, 0.717) is 23.7 Å². The van der Waals surface area contributed by atoms with E-state index < -0.39 is 0 Å². The number of carbonyl (C=O) groups is 1. The smallest absolute Gasteiger partial charge is 0.203 e. The summed E-state index contributed by atoms with van der Waals surface area (Å²) < 4.78 is 21.3. The van der Waals surface area contributed by atoms with Gasteiger partial charge < -0.3 is 18.9 Å². The molecule has 0 fully saturated rings. The molecule has 19 heavy (non-hydrogen) atoms. The Morgan fingerprint density at radius 3 is 2.21 bits per heavy atom. The van der Waals surface area contributed by atoms with Crippen molar-refractivity contribution in [1.29, 1.82) is 0 Å². The van der Waals surface area contributed by atoms with Gasteiger partial charge in [-0.25, -0.2) is 0 Å². The summed E-state index contributed by atoms with van der Waals surface area (Å²) in [5.74, 6) is 1.64. The van der Waals surface area contributed by atoms with Crippen LogP contribution in [-0.2, 0) is 9.53 Å². The maximum Gasteiger partial charge on any atom is 0.203 e. The summed E-state index contributed by atoms with van der Waals surface area (Å²) in [6, 6.07) is 3.58. The molecule has 1 aromatic carbocycles. The average molecular weight is 264 g/mol. The lowest BCUT2D eigenvalue weighted by molar-refractivity contribution is -0.118. The van der Waals surface area contributed by atoms with Crippen molar-refractivity contribution < 1.29 is 23.7 Å². The van der Waals surface area contributed by atoms with Gasteiger partial charge in [-0.15, -0.1) is 0 Å². The van der Waals surface area contributed by atoms with Crippen LogP contribution < -0.4 is 14.2 Å². The van der Waals surface area contributed by atoms with Gasteiger partial charge in [-0.2, -0.15) is 0 Å². The molecule has 1 atom stereocenters. The van der Waals surface area contributed by atoms with Crippen LogP contribution in [0.25, 0.3) is 0 Å². The van der Waals surface area contributed by atoms with E-state index in [-0.39, 0.29) is 11.9 Å². The first kappa shape index (κ1) is 13.3. The van der Waals surface area contributed by atoms with Crippen molar-refractivity contribution in [2.45, 2.75) is 12.5 Å². The fourth-order valence-electron chi connectivity index (χ4n) is 1.99. The van der Waals surface area contributed by atoms with Crippen LogP contribution >= 0.6 is 0 Å². The molecule has 0 aromatic heterocycles. The first-order valence-corrected chi connectivity index (χ1v) is 5.84. The van der Waals surface area contributed by atoms with E-state index in [9.17, 15) is 4.79 Å². The van der Waals surface area contributed by atoms with E-state index in [1.807, 2.05) is 0 Å². The van der Waals surface area contributed by atoms with E-state index in [1.165, 1.54) is 12.3 Å². The van der Waals surface area contributed by atoms with Gasteiger partial charge in [-0.1, -0.05) is 0 Å². The number of allylic oxidation sites excluding steroid dienone is 1. The molecule has 5 heteroatoms. The molecule has 1 unspecified atom stereocenters. The molecule has 1 heterocycles. The van der Waals surface area contributed by atoms with E-state index >= 15 is 0 Å². The maximum atomic E-state index is 11.4. The molecule has 0 amide bonds. The first-order valence-electron chi connectivity index (χ1n) is 5.84. The third kappa shape index (κ3) is 2.65. The molecule has 1 aromatic rings. The van der Waals surface area contributed by atoms with Gasteiger partial charge >= 0.3 is 0 Å². The average Bonchev–Trinajstić information content (AvgIpc) is 2.45. The Labute approximate surface area is 111 Å². The van der Waals surface area contributed by atoms with E-state index in [2.05, 4.69) is 0 Å². The van der Waals surface area contributed by atoms with Gasteiger partial charge in [0.05, 0.1) is 34.0 Å². The van der Waals surface area contributed by atoms with E-state index in [4.69, 9.17) is 18.9 Å². The second kappa shape index (κ2) is 5.65. The number of hydrogen-bond acceptors (Lipinski definition) is 5. The van der Waals surface area contributed by atoms with Crippen LogP contribution in [0.2, 0.25) is 0 Å². The third-order valence-corrected chi connectivity index (χ3v) is 2.94. The van der Waals surface area contributed by atoms with E-state index in [1.54, 1.807) is 33.5 Å². The van der Waals surface area contributed by atoms with Crippen molar-refractivity contribution in [2.75, 3.05) is 21.3 Å². The van der Waals surface area contributed by atoms with E-state index in [0.717, 1.165) is 5.56 Å². The van der Waals surface area contributed by atoms with Crippen LogP contribution in [-0.4, -0.2) is 27.1 Å². The standard InChI is InChI=1S/C14H16O5/c1-16-12-6-9(7-13(17-2)14(12)18-3)11-8-10(15)4-5-19-11/h4-7,11H,8H2,1-3H3. The van der Waals surface area contributed by atoms with Crippen molar-refractivity contribution in [3.05, 3.63) is 30.0 Å². The monoisotopic (exact) mass is 264 g/mol. The minimum Gasteiger partial charge on any atom is -0.493 e. The summed E-state index contributed by atoms with van der Waals surface area (Å²) in [5, 5.41) is 0. The van der Waals surface area contributed by atoms with Crippen molar-refractivity contribution in [2.24, 2.45) is 0 Å². The first-order chi connectivity index (χ1) is 9.19. The Bertz CT molecular complexity index is 482. The topological polar surface area (TPSA) is 54.0 Å². The molecule has 0 bridgehead atoms. The quantitative estimate of drug-likeness (QED) is 0.835. The number of methoxy groups -OCH3 is 3. The Morgan fingerprint density at radius 1 is 1.11 bits per heavy atom. The highest BCUT2D eigenvalue weighted by molar-refractivity contribution is 5.90. The Hall–Kier alpha value is -2.17. The molecular weight excluding hydrogens is 248 g/mol. The van der Waals surface area contributed by atoms with Gasteiger partial charge in [-0.05, 0) is 12.1 Å². The number of rotatable bonds is 4. The predicted octanol–water partition coefficient (Wildman–Crippen LogP) is 2.26. The highest BCUT2D eigenvalue weighted by atomic mass is 16.5. The van der Waals surface area contributed by atoms with Gasteiger partial charge in [0.2, 0.25) is 5.75 Å². The second-order valence-corrected chi connectivity index (χ2v) is 4.06. The van der Waals surface area contributed by atoms with Crippen LogP contribution in [0.1, 0.15) is 18.1 Å². The van der Waals surface area contributed by atoms with Gasteiger partial charge in [0.25, 0.3) is 0 Å². The zero-order chi connectivity index (χ0) is 13.8. The summed E-state index contributed by atoms with van der Waals surface area (Å²) in [6.07, 6.45) is 2.81. The van der Waals surface area contributed by atoms with Crippen LogP contribution in [0.15, 0.2) is 24.5 Å². The molecule has 0 saturated carbocycles. The van der Waals surface area contributed by atoms with Crippen LogP contribution in [0.3, 0.4) is 0 Å². The summed E-state index contributed by atoms with van der Waals surface area (Å²) in [5.41, 5.74) is 0.812. The normalized spacial score (nSPS) is 17.8. The van der Waals surface area contributed by atoms with Crippen molar-refractivity contribution in [1.82, 2.24) is 0 Å². The molecule has 5 nitrogen and oxygen atoms in total. The van der Waals surface area contributed by atoms with Gasteiger partial charge in [0.15, 0.2) is 17.3 Å². The zero-order valence-corrected chi connectivity index (χ0v) is 11.1. The number of ketones is 1. The molecule has 1 aliphatic rings. The lowest BCUT2D eigenvalue weighted by Crippen LogP contribution is -2.11. The van der Waals surface area contributed by atoms with Crippen LogP contribution in [0.4, 0.5) is 0 Å². The third-order valence-electron chi connectivity index (χ3n) is 2.94. The highest BCUT2D eigenvalue weighted by Gasteiger charge is 2.22. The summed E-state index contributed by atoms with van der Waals surface area (Å²) in [7, 11) is 4.64. The molecule has 2 rings (SSSR count). The molecule has 0 aliphatic carbocycles. The molecule has 0 saturated heterocycles. The summed E-state index contributed by atoms with van der Waals surface area (Å²) >= 11 is 0. The minimum atomic E-state index is -0.328. The number of benzene rings is 1. The summed E-state index contributed by atoms with van der Waals surface area (Å²) in [4.78, 5) is 11.4. The molecule has 0 spiro atoms. The van der Waals surface area contributed by atoms with Gasteiger partial charge in [0, 0.05) is 11.6 Å². The molecule has 0 N–H and O–H groups in total. The van der Waals surface area contributed by atoms with Crippen molar-refractivity contribution in [3.63, 3.8) is 0 Å². The SMILES string of the molecule is COc1cc(C2CC(=O)C=CO2)cc(OC)c1OC. The van der Waals surface area contributed by atoms with Crippen molar-refractivity contribution >= 4 is 5.78 Å². The fraction of sp³-hybridized carbons (Fsp3) is 0.357. The minimum absolute atomic E-state index is 0.0324. The lowest BCUT2D eigenvalue weighted by Gasteiger charge is -2.21. The summed E-state index contributed by atoms with van der Waals surface area (Å²) in [6.45, 7) is 0. The Morgan fingerprint density at radius 2 is 1.74 bits per heavy atom. The highest BCUT2D eigenvalue weighted by Crippen LogP contribution is 2.41. The van der Waals surface area contributed by atoms with Crippen LogP contribution in [0.5, 0.6) is 17.2 Å². The fourth-order valence-corrected chi connectivity index (χ4v) is 1.99. The number of carbonyl (C=O) groups excluding carboxylic acids is 1. The Kier molecular flexibility index (Phi) is 3.94. The molecule has 0 radical (unpaired) electrons. The van der Waals surface area contributed by atoms with Crippen LogP contribution in [0, 0.1) is 0 Å². The van der Waals surface area contributed by atoms with Gasteiger partial charge in [-0.3, -0.25) is 4.79 Å². The molecular formula is C14H16O5. The lowest BCUT2D eigenvalue weighted by atomic mass is 10.0. The maximum absolute atomic E-state index is 11.4. The van der Waals surface area contributed by atoms with Gasteiger partial charge in [0.1, 0.15) is 6.10 Å².